The predicted molar refractivity (Wildman–Crippen MR) is 220 cm³/mol. The number of hydrogen-bond acceptors (Lipinski definition) is 2. The summed E-state index contributed by atoms with van der Waals surface area (Å²) in [5.74, 6) is 0.841. The van der Waals surface area contributed by atoms with E-state index in [4.69, 9.17) is 4.42 Å². The molecule has 0 saturated carbocycles. The lowest BCUT2D eigenvalue weighted by molar-refractivity contribution is 0.631. The van der Waals surface area contributed by atoms with Gasteiger partial charge in [0.2, 0.25) is 0 Å². The molecule has 0 saturated heterocycles. The van der Waals surface area contributed by atoms with Gasteiger partial charge in [0.15, 0.2) is 0 Å². The van der Waals surface area contributed by atoms with Crippen molar-refractivity contribution in [2.75, 3.05) is 4.90 Å². The van der Waals surface area contributed by atoms with Crippen LogP contribution in [0.4, 0.5) is 17.1 Å². The highest BCUT2D eigenvalue weighted by Crippen LogP contribution is 2.44. The van der Waals surface area contributed by atoms with Gasteiger partial charge in [0.1, 0.15) is 11.3 Å². The van der Waals surface area contributed by atoms with Crippen molar-refractivity contribution < 1.29 is 4.42 Å². The lowest BCUT2D eigenvalue weighted by Crippen LogP contribution is -2.11. The Morgan fingerprint density at radius 1 is 0.327 bits per heavy atom. The van der Waals surface area contributed by atoms with Crippen LogP contribution >= 0.6 is 0 Å². The van der Waals surface area contributed by atoms with Gasteiger partial charge < -0.3 is 9.32 Å². The molecule has 0 aliphatic carbocycles. The maximum atomic E-state index is 6.46. The third-order valence-electron chi connectivity index (χ3n) is 10.3. The Labute approximate surface area is 302 Å². The lowest BCUT2D eigenvalue weighted by atomic mass is 9.93. The van der Waals surface area contributed by atoms with E-state index in [1.165, 1.54) is 54.6 Å². The number of rotatable bonds is 6. The Balaban J connectivity index is 1.12. The van der Waals surface area contributed by atoms with Gasteiger partial charge in [-0.25, -0.2) is 0 Å². The van der Waals surface area contributed by atoms with Gasteiger partial charge in [-0.15, -0.1) is 0 Å². The van der Waals surface area contributed by atoms with Gasteiger partial charge in [-0.05, 0) is 109 Å². The minimum atomic E-state index is 0.841. The van der Waals surface area contributed by atoms with Gasteiger partial charge in [0, 0.05) is 22.3 Å². The molecule has 9 aromatic carbocycles. The van der Waals surface area contributed by atoms with E-state index in [2.05, 4.69) is 193 Å². The number of fused-ring (bicyclic) bond motifs is 5. The molecule has 10 aromatic rings. The molecule has 244 valence electrons. The van der Waals surface area contributed by atoms with Gasteiger partial charge in [-0.2, -0.15) is 0 Å². The first-order valence-electron chi connectivity index (χ1n) is 17.8. The molecule has 0 radical (unpaired) electrons. The summed E-state index contributed by atoms with van der Waals surface area (Å²) in [5, 5.41) is 8.63. The van der Waals surface area contributed by atoms with Crippen LogP contribution in [0.3, 0.4) is 0 Å². The highest BCUT2D eigenvalue weighted by molar-refractivity contribution is 6.13. The summed E-state index contributed by atoms with van der Waals surface area (Å²) < 4.78 is 6.46. The van der Waals surface area contributed by atoms with Crippen LogP contribution in [0.2, 0.25) is 0 Å². The fraction of sp³-hybridized carbons (Fsp3) is 0. The van der Waals surface area contributed by atoms with Gasteiger partial charge >= 0.3 is 0 Å². The summed E-state index contributed by atoms with van der Waals surface area (Å²) in [6.45, 7) is 0. The van der Waals surface area contributed by atoms with Crippen LogP contribution in [-0.4, -0.2) is 0 Å². The van der Waals surface area contributed by atoms with Gasteiger partial charge in [0.05, 0.1) is 5.69 Å². The van der Waals surface area contributed by atoms with Crippen molar-refractivity contribution >= 4 is 60.3 Å². The molecule has 0 bridgehead atoms. The Bertz CT molecular complexity index is 2860. The van der Waals surface area contributed by atoms with Crippen molar-refractivity contribution in [1.82, 2.24) is 0 Å². The van der Waals surface area contributed by atoms with Crippen molar-refractivity contribution in [3.05, 3.63) is 200 Å². The number of anilines is 3. The zero-order valence-electron chi connectivity index (χ0n) is 28.4. The molecule has 2 heteroatoms. The fourth-order valence-electron chi connectivity index (χ4n) is 7.77. The summed E-state index contributed by atoms with van der Waals surface area (Å²) in [7, 11) is 0. The maximum Gasteiger partial charge on any atom is 0.137 e. The summed E-state index contributed by atoms with van der Waals surface area (Å²) >= 11 is 0. The molecule has 1 aromatic heterocycles. The molecule has 0 fully saturated rings. The third kappa shape index (κ3) is 5.12. The molecule has 0 amide bonds. The molecule has 0 aliphatic heterocycles. The van der Waals surface area contributed by atoms with E-state index in [1.807, 2.05) is 12.1 Å². The second-order valence-electron chi connectivity index (χ2n) is 13.3. The van der Waals surface area contributed by atoms with E-state index in [0.717, 1.165) is 39.4 Å². The molecule has 0 aliphatic rings. The molecule has 1 heterocycles. The minimum absolute atomic E-state index is 0.841. The first kappa shape index (κ1) is 30.0. The summed E-state index contributed by atoms with van der Waals surface area (Å²) in [6, 6.07) is 71.6. The van der Waals surface area contributed by atoms with Crippen LogP contribution in [0, 0.1) is 0 Å². The number of hydrogen-bond donors (Lipinski definition) is 0. The minimum Gasteiger partial charge on any atom is -0.456 e. The molecule has 2 nitrogen and oxygen atoms in total. The molecular weight excluding hydrogens is 631 g/mol. The van der Waals surface area contributed by atoms with Gasteiger partial charge in [0.25, 0.3) is 0 Å². The smallest absolute Gasteiger partial charge is 0.137 e. The lowest BCUT2D eigenvalue weighted by Gasteiger charge is -2.28. The Morgan fingerprint density at radius 3 is 1.62 bits per heavy atom. The highest BCUT2D eigenvalue weighted by atomic mass is 16.3. The number of benzene rings is 9. The molecule has 0 spiro atoms. The van der Waals surface area contributed by atoms with Crippen molar-refractivity contribution in [3.63, 3.8) is 0 Å². The van der Waals surface area contributed by atoms with Crippen LogP contribution in [-0.2, 0) is 0 Å². The van der Waals surface area contributed by atoms with Crippen molar-refractivity contribution in [1.29, 1.82) is 0 Å². The predicted octanol–water partition coefficient (Wildman–Crippen LogP) is 14.4. The normalized spacial score (nSPS) is 11.5. The number of furan rings is 1. The van der Waals surface area contributed by atoms with E-state index in [-0.39, 0.29) is 0 Å². The van der Waals surface area contributed by atoms with E-state index >= 15 is 0 Å². The van der Waals surface area contributed by atoms with Crippen molar-refractivity contribution in [2.45, 2.75) is 0 Å². The molecule has 0 N–H and O–H groups in total. The first-order valence-corrected chi connectivity index (χ1v) is 17.8. The van der Waals surface area contributed by atoms with Crippen molar-refractivity contribution in [3.8, 4) is 33.6 Å². The summed E-state index contributed by atoms with van der Waals surface area (Å²) in [5.41, 5.74) is 9.91. The standard InChI is InChI=1S/C50H33NO/c1-4-16-41-34(12-1)15-11-21-42(41)35-24-28-39(29-25-35)51(48-22-9-8-20-46(48)50-33-38-14-3-10-23-49(38)52-50)40-30-26-36(27-31-40)47-32-37-13-2-5-17-43(37)44-18-6-7-19-45(44)47/h1-33H. The average molecular weight is 664 g/mol. The second-order valence-corrected chi connectivity index (χ2v) is 13.3. The SMILES string of the molecule is c1ccc(N(c2ccc(-c3cccc4ccccc34)cc2)c2ccc(-c3cc4ccccc4c4ccccc34)cc2)c(-c2cc3ccccc3o2)c1. The molecule has 52 heavy (non-hydrogen) atoms. The van der Waals surface area contributed by atoms with Crippen LogP contribution in [0.5, 0.6) is 0 Å². The fourth-order valence-corrected chi connectivity index (χ4v) is 7.77. The van der Waals surface area contributed by atoms with Crippen molar-refractivity contribution in [2.24, 2.45) is 0 Å². The Morgan fingerprint density at radius 2 is 0.865 bits per heavy atom. The maximum absolute atomic E-state index is 6.46. The zero-order chi connectivity index (χ0) is 34.4. The van der Waals surface area contributed by atoms with E-state index in [9.17, 15) is 0 Å². The first-order chi connectivity index (χ1) is 25.8. The topological polar surface area (TPSA) is 16.4 Å². The quantitative estimate of drug-likeness (QED) is 0.165. The van der Waals surface area contributed by atoms with E-state index in [1.54, 1.807) is 0 Å². The number of nitrogens with zero attached hydrogens (tertiary/aromatic N) is 1. The summed E-state index contributed by atoms with van der Waals surface area (Å²) in [6.07, 6.45) is 0. The van der Waals surface area contributed by atoms with Crippen LogP contribution in [0.15, 0.2) is 205 Å². The van der Waals surface area contributed by atoms with E-state index in [0.29, 0.717) is 0 Å². The van der Waals surface area contributed by atoms with Gasteiger partial charge in [-0.3, -0.25) is 0 Å². The zero-order valence-corrected chi connectivity index (χ0v) is 28.4. The van der Waals surface area contributed by atoms with E-state index < -0.39 is 0 Å². The molecule has 0 atom stereocenters. The largest absolute Gasteiger partial charge is 0.456 e. The molecular formula is C50H33NO. The summed E-state index contributed by atoms with van der Waals surface area (Å²) in [4.78, 5) is 2.34. The third-order valence-corrected chi connectivity index (χ3v) is 10.3. The Kier molecular flexibility index (Phi) is 7.18. The van der Waals surface area contributed by atoms with Crippen LogP contribution in [0.25, 0.3) is 76.9 Å². The monoisotopic (exact) mass is 663 g/mol. The average Bonchev–Trinajstić information content (AvgIpc) is 3.66. The molecule has 0 unspecified atom stereocenters. The van der Waals surface area contributed by atoms with Gasteiger partial charge in [-0.1, -0.05) is 146 Å². The Hall–Kier alpha value is -6.90. The van der Waals surface area contributed by atoms with Crippen LogP contribution in [0.1, 0.15) is 0 Å². The molecule has 10 rings (SSSR count). The number of para-hydroxylation sites is 2. The van der Waals surface area contributed by atoms with Crippen LogP contribution < -0.4 is 4.90 Å². The highest BCUT2D eigenvalue weighted by Gasteiger charge is 2.20. The second kappa shape index (κ2) is 12.5.